The highest BCUT2D eigenvalue weighted by atomic mass is 79.9. The molecule has 1 aliphatic rings. The van der Waals surface area contributed by atoms with E-state index in [1.807, 2.05) is 24.3 Å². The van der Waals surface area contributed by atoms with Crippen molar-refractivity contribution in [3.8, 4) is 0 Å². The number of halogens is 1. The molecule has 1 aromatic rings. The molecule has 0 radical (unpaired) electrons. The Labute approximate surface area is 96.2 Å². The maximum atomic E-state index is 11.1. The second kappa shape index (κ2) is 3.94. The summed E-state index contributed by atoms with van der Waals surface area (Å²) in [6.07, 6.45) is 0.537. The fraction of sp³-hybridized carbons (Fsp3) is 0.364. The molecule has 1 fully saturated rings. The van der Waals surface area contributed by atoms with Crippen LogP contribution >= 0.6 is 15.9 Å². The van der Waals surface area contributed by atoms with Crippen LogP contribution in [0.5, 0.6) is 0 Å². The molecule has 0 saturated carbocycles. The first-order valence-electron chi connectivity index (χ1n) is 4.68. The van der Waals surface area contributed by atoms with Crippen LogP contribution in [0, 0.1) is 5.41 Å². The highest BCUT2D eigenvalue weighted by Crippen LogP contribution is 2.32. The summed E-state index contributed by atoms with van der Waals surface area (Å²) in [5.74, 6) is -0.767. The van der Waals surface area contributed by atoms with E-state index in [4.69, 9.17) is 9.84 Å². The molecule has 80 valence electrons. The average molecular weight is 271 g/mol. The summed E-state index contributed by atoms with van der Waals surface area (Å²) in [6, 6.07) is 7.72. The number of carboxylic acids is 1. The number of carboxylic acid groups (broad SMARTS) is 1. The third-order valence-electron chi connectivity index (χ3n) is 2.67. The van der Waals surface area contributed by atoms with Gasteiger partial charge in [-0.2, -0.15) is 0 Å². The van der Waals surface area contributed by atoms with Gasteiger partial charge in [-0.1, -0.05) is 28.1 Å². The molecular formula is C11H11BrO3. The smallest absolute Gasteiger partial charge is 0.314 e. The van der Waals surface area contributed by atoms with E-state index in [1.54, 1.807) is 0 Å². The lowest BCUT2D eigenvalue weighted by atomic mass is 9.80. The molecule has 1 N–H and O–H groups in total. The molecule has 0 spiro atoms. The molecule has 1 aromatic carbocycles. The van der Waals surface area contributed by atoms with Crippen LogP contribution in [0.15, 0.2) is 28.7 Å². The van der Waals surface area contributed by atoms with Gasteiger partial charge in [0.15, 0.2) is 0 Å². The first kappa shape index (κ1) is 10.6. The number of ether oxygens (including phenoxy) is 1. The van der Waals surface area contributed by atoms with Crippen LogP contribution in [0.2, 0.25) is 0 Å². The van der Waals surface area contributed by atoms with Crippen molar-refractivity contribution in [1.82, 2.24) is 0 Å². The molecule has 1 heterocycles. The monoisotopic (exact) mass is 270 g/mol. The predicted molar refractivity (Wildman–Crippen MR) is 58.7 cm³/mol. The predicted octanol–water partition coefficient (Wildman–Crippen LogP) is 2.09. The van der Waals surface area contributed by atoms with Crippen molar-refractivity contribution in [2.24, 2.45) is 5.41 Å². The lowest BCUT2D eigenvalue weighted by Gasteiger charge is -2.37. The summed E-state index contributed by atoms with van der Waals surface area (Å²) >= 11 is 3.34. The average Bonchev–Trinajstić information content (AvgIpc) is 2.13. The number of hydrogen-bond donors (Lipinski definition) is 1. The van der Waals surface area contributed by atoms with Gasteiger partial charge in [0.1, 0.15) is 5.41 Å². The lowest BCUT2D eigenvalue weighted by Crippen LogP contribution is -2.50. The van der Waals surface area contributed by atoms with Crippen LogP contribution in [0.1, 0.15) is 5.56 Å². The molecule has 0 aliphatic carbocycles. The summed E-state index contributed by atoms with van der Waals surface area (Å²) in [5.41, 5.74) is 0.331. The normalized spacial score (nSPS) is 18.2. The van der Waals surface area contributed by atoms with Crippen LogP contribution in [-0.2, 0) is 16.0 Å². The topological polar surface area (TPSA) is 46.5 Å². The second-order valence-electron chi connectivity index (χ2n) is 3.88. The van der Waals surface area contributed by atoms with Crippen LogP contribution in [0.25, 0.3) is 0 Å². The van der Waals surface area contributed by atoms with Crippen LogP contribution < -0.4 is 0 Å². The zero-order valence-corrected chi connectivity index (χ0v) is 9.66. The lowest BCUT2D eigenvalue weighted by molar-refractivity contribution is -0.179. The minimum Gasteiger partial charge on any atom is -0.481 e. The van der Waals surface area contributed by atoms with Crippen molar-refractivity contribution in [2.75, 3.05) is 13.2 Å². The second-order valence-corrected chi connectivity index (χ2v) is 4.80. The van der Waals surface area contributed by atoms with Crippen molar-refractivity contribution in [3.05, 3.63) is 34.3 Å². The van der Waals surface area contributed by atoms with E-state index in [0.29, 0.717) is 19.6 Å². The van der Waals surface area contributed by atoms with Gasteiger partial charge in [-0.15, -0.1) is 0 Å². The molecule has 0 unspecified atom stereocenters. The van der Waals surface area contributed by atoms with Crippen LogP contribution in [0.4, 0.5) is 0 Å². The van der Waals surface area contributed by atoms with Gasteiger partial charge in [-0.25, -0.2) is 0 Å². The molecule has 4 heteroatoms. The van der Waals surface area contributed by atoms with E-state index in [-0.39, 0.29) is 0 Å². The fourth-order valence-electron chi connectivity index (χ4n) is 1.64. The standard InChI is InChI=1S/C11H11BrO3/c12-9-3-1-8(2-4-9)5-11(10(13)14)6-15-7-11/h1-4H,5-7H2,(H,13,14). The minimum absolute atomic E-state index is 0.318. The van der Waals surface area contributed by atoms with E-state index in [9.17, 15) is 4.79 Å². The van der Waals surface area contributed by atoms with Crippen molar-refractivity contribution >= 4 is 21.9 Å². The van der Waals surface area contributed by atoms with E-state index in [2.05, 4.69) is 15.9 Å². The Kier molecular flexibility index (Phi) is 2.80. The molecule has 1 saturated heterocycles. The van der Waals surface area contributed by atoms with Crippen LogP contribution in [-0.4, -0.2) is 24.3 Å². The highest BCUT2D eigenvalue weighted by molar-refractivity contribution is 9.10. The molecule has 2 rings (SSSR count). The Morgan fingerprint density at radius 3 is 2.40 bits per heavy atom. The Bertz CT molecular complexity index is 368. The first-order chi connectivity index (χ1) is 7.12. The number of benzene rings is 1. The number of aliphatic carboxylic acids is 1. The SMILES string of the molecule is O=C(O)C1(Cc2ccc(Br)cc2)COC1. The fourth-order valence-corrected chi connectivity index (χ4v) is 1.91. The minimum atomic E-state index is -0.767. The Hall–Kier alpha value is -0.870. The number of carbonyl (C=O) groups is 1. The molecule has 3 nitrogen and oxygen atoms in total. The van der Waals surface area contributed by atoms with Crippen LogP contribution in [0.3, 0.4) is 0 Å². The molecule has 15 heavy (non-hydrogen) atoms. The Balaban J connectivity index is 2.13. The largest absolute Gasteiger partial charge is 0.481 e. The summed E-state index contributed by atoms with van der Waals surface area (Å²) < 4.78 is 6.01. The summed E-state index contributed by atoms with van der Waals surface area (Å²) in [5, 5.41) is 9.11. The van der Waals surface area contributed by atoms with E-state index < -0.39 is 11.4 Å². The molecule has 0 amide bonds. The summed E-state index contributed by atoms with van der Waals surface area (Å²) in [4.78, 5) is 11.1. The Morgan fingerprint density at radius 2 is 2.00 bits per heavy atom. The van der Waals surface area contributed by atoms with Crippen molar-refractivity contribution in [1.29, 1.82) is 0 Å². The van der Waals surface area contributed by atoms with Crippen molar-refractivity contribution in [3.63, 3.8) is 0 Å². The van der Waals surface area contributed by atoms with Gasteiger partial charge in [0.25, 0.3) is 0 Å². The van der Waals surface area contributed by atoms with E-state index in [1.165, 1.54) is 0 Å². The molecule has 0 bridgehead atoms. The van der Waals surface area contributed by atoms with Gasteiger partial charge in [-0.3, -0.25) is 4.79 Å². The molecular weight excluding hydrogens is 260 g/mol. The zero-order valence-electron chi connectivity index (χ0n) is 8.07. The van der Waals surface area contributed by atoms with Gasteiger partial charge in [0.2, 0.25) is 0 Å². The molecule has 0 atom stereocenters. The Morgan fingerprint density at radius 1 is 1.40 bits per heavy atom. The third kappa shape index (κ3) is 2.06. The summed E-state index contributed by atoms with van der Waals surface area (Å²) in [6.45, 7) is 0.636. The van der Waals surface area contributed by atoms with Gasteiger partial charge < -0.3 is 9.84 Å². The third-order valence-corrected chi connectivity index (χ3v) is 3.19. The van der Waals surface area contributed by atoms with E-state index >= 15 is 0 Å². The quantitative estimate of drug-likeness (QED) is 0.915. The zero-order chi connectivity index (χ0) is 10.9. The maximum Gasteiger partial charge on any atom is 0.314 e. The number of hydrogen-bond acceptors (Lipinski definition) is 2. The van der Waals surface area contributed by atoms with Crippen molar-refractivity contribution in [2.45, 2.75) is 6.42 Å². The van der Waals surface area contributed by atoms with Gasteiger partial charge in [-0.05, 0) is 24.1 Å². The number of rotatable bonds is 3. The maximum absolute atomic E-state index is 11.1. The molecule has 1 aliphatic heterocycles. The first-order valence-corrected chi connectivity index (χ1v) is 5.47. The molecule has 0 aromatic heterocycles. The highest BCUT2D eigenvalue weighted by Gasteiger charge is 2.46. The summed E-state index contributed by atoms with van der Waals surface area (Å²) in [7, 11) is 0. The van der Waals surface area contributed by atoms with Gasteiger partial charge in [0, 0.05) is 4.47 Å². The van der Waals surface area contributed by atoms with Gasteiger partial charge in [0.05, 0.1) is 13.2 Å². The van der Waals surface area contributed by atoms with Crippen molar-refractivity contribution < 1.29 is 14.6 Å². The van der Waals surface area contributed by atoms with E-state index in [0.717, 1.165) is 10.0 Å². The van der Waals surface area contributed by atoms with Gasteiger partial charge >= 0.3 is 5.97 Å².